The Morgan fingerprint density at radius 2 is 1.89 bits per heavy atom. The molecule has 7 nitrogen and oxygen atoms in total. The minimum absolute atomic E-state index is 0. The van der Waals surface area contributed by atoms with E-state index in [4.69, 9.17) is 10.5 Å². The molecule has 2 atom stereocenters. The average molecular weight is 561 g/mol. The highest BCUT2D eigenvalue weighted by molar-refractivity contribution is 5.85. The first-order valence-corrected chi connectivity index (χ1v) is 11.2. The molecule has 0 saturated carbocycles. The van der Waals surface area contributed by atoms with Crippen molar-refractivity contribution in [3.8, 4) is 17.3 Å². The normalized spacial score (nSPS) is 19.0. The van der Waals surface area contributed by atoms with Gasteiger partial charge < -0.3 is 10.5 Å². The Hall–Kier alpha value is -2.73. The van der Waals surface area contributed by atoms with Crippen LogP contribution >= 0.6 is 24.8 Å². The van der Waals surface area contributed by atoms with Crippen molar-refractivity contribution in [2.24, 2.45) is 5.73 Å². The summed E-state index contributed by atoms with van der Waals surface area (Å²) in [5.74, 6) is -0.152. The molecule has 5 rings (SSSR count). The summed E-state index contributed by atoms with van der Waals surface area (Å²) in [5, 5.41) is 8.81. The van der Waals surface area contributed by atoms with Gasteiger partial charge in [0.15, 0.2) is 23.0 Å². The minimum atomic E-state index is -4.50. The molecule has 1 fully saturated rings. The third-order valence-corrected chi connectivity index (χ3v) is 6.22. The van der Waals surface area contributed by atoms with Crippen LogP contribution in [-0.4, -0.2) is 55.9 Å². The van der Waals surface area contributed by atoms with E-state index in [1.165, 1.54) is 39.8 Å². The standard InChI is InChI=1S/C24H24F4N6O.2ClH/c1-3-35-19-11-18-14(10-16(19)25)4-6-17(30-18)22-32-31-20-7-5-15(12-34(20)22)21(24(26,27)28)33-9-8-23(2,29)13-33;;/h4-7,10-12,21H,3,8-9,13,29H2,1-2H3;2*1H/t21-,23?;;/m1../s1. The van der Waals surface area contributed by atoms with Gasteiger partial charge in [-0.25, -0.2) is 9.37 Å². The SMILES string of the molecule is CCOc1cc2nc(-c3nnc4ccc([C@@H](N5CCC(C)(N)C5)C(F)(F)F)cn34)ccc2cc1F.Cl.Cl. The van der Waals surface area contributed by atoms with Crippen LogP contribution in [0.1, 0.15) is 31.9 Å². The molecule has 4 aromatic rings. The molecule has 1 unspecified atom stereocenters. The van der Waals surface area contributed by atoms with Crippen molar-refractivity contribution in [1.82, 2.24) is 24.5 Å². The van der Waals surface area contributed by atoms with Crippen molar-refractivity contribution >= 4 is 41.4 Å². The van der Waals surface area contributed by atoms with Gasteiger partial charge in [0.05, 0.1) is 12.1 Å². The lowest BCUT2D eigenvalue weighted by Crippen LogP contribution is -2.43. The van der Waals surface area contributed by atoms with E-state index in [9.17, 15) is 17.6 Å². The topological polar surface area (TPSA) is 81.6 Å². The predicted octanol–water partition coefficient (Wildman–Crippen LogP) is 5.35. The maximum Gasteiger partial charge on any atom is 0.408 e. The molecular weight excluding hydrogens is 535 g/mol. The Kier molecular flexibility index (Phi) is 8.23. The third-order valence-electron chi connectivity index (χ3n) is 6.22. The van der Waals surface area contributed by atoms with E-state index in [2.05, 4.69) is 15.2 Å². The number of fused-ring (bicyclic) bond motifs is 2. The predicted molar refractivity (Wildman–Crippen MR) is 137 cm³/mol. The highest BCUT2D eigenvalue weighted by Crippen LogP contribution is 2.41. The van der Waals surface area contributed by atoms with Crippen molar-refractivity contribution < 1.29 is 22.3 Å². The van der Waals surface area contributed by atoms with Crippen molar-refractivity contribution in [3.63, 3.8) is 0 Å². The minimum Gasteiger partial charge on any atom is -0.491 e. The molecule has 2 N–H and O–H groups in total. The smallest absolute Gasteiger partial charge is 0.408 e. The number of alkyl halides is 3. The molecule has 1 saturated heterocycles. The van der Waals surface area contributed by atoms with Gasteiger partial charge in [-0.3, -0.25) is 9.30 Å². The van der Waals surface area contributed by atoms with E-state index in [0.717, 1.165) is 0 Å². The first kappa shape index (κ1) is 28.8. The number of benzene rings is 1. The molecule has 0 bridgehead atoms. The average Bonchev–Trinajstić information content (AvgIpc) is 3.36. The van der Waals surface area contributed by atoms with Crippen LogP contribution in [0, 0.1) is 5.82 Å². The zero-order valence-electron chi connectivity index (χ0n) is 20.0. The number of halogens is 6. The molecule has 1 aliphatic heterocycles. The summed E-state index contributed by atoms with van der Waals surface area (Å²) in [4.78, 5) is 5.92. The maximum absolute atomic E-state index is 14.2. The largest absolute Gasteiger partial charge is 0.491 e. The molecule has 1 aliphatic rings. The Balaban J connectivity index is 0.00000190. The zero-order valence-corrected chi connectivity index (χ0v) is 21.6. The van der Waals surface area contributed by atoms with Crippen LogP contribution in [0.5, 0.6) is 5.75 Å². The summed E-state index contributed by atoms with van der Waals surface area (Å²) < 4.78 is 63.6. The van der Waals surface area contributed by atoms with E-state index in [0.29, 0.717) is 35.3 Å². The van der Waals surface area contributed by atoms with E-state index in [1.807, 2.05) is 0 Å². The van der Waals surface area contributed by atoms with Gasteiger partial charge in [-0.2, -0.15) is 13.2 Å². The van der Waals surface area contributed by atoms with Gasteiger partial charge in [-0.05, 0) is 44.0 Å². The summed E-state index contributed by atoms with van der Waals surface area (Å²) >= 11 is 0. The van der Waals surface area contributed by atoms with Crippen molar-refractivity contribution in [1.29, 1.82) is 0 Å². The number of hydrogen-bond donors (Lipinski definition) is 1. The summed E-state index contributed by atoms with van der Waals surface area (Å²) in [6, 6.07) is 7.23. The molecule has 1 aromatic carbocycles. The highest BCUT2D eigenvalue weighted by atomic mass is 35.5. The van der Waals surface area contributed by atoms with Crippen LogP contribution in [0.15, 0.2) is 42.6 Å². The molecule has 0 spiro atoms. The number of ether oxygens (including phenoxy) is 1. The molecule has 0 radical (unpaired) electrons. The van der Waals surface area contributed by atoms with E-state index in [-0.39, 0.29) is 55.0 Å². The number of pyridine rings is 2. The fraction of sp³-hybridized carbons (Fsp3) is 0.375. The maximum atomic E-state index is 14.2. The summed E-state index contributed by atoms with van der Waals surface area (Å²) in [5.41, 5.74) is 6.73. The second-order valence-corrected chi connectivity index (χ2v) is 9.14. The first-order chi connectivity index (χ1) is 16.6. The Morgan fingerprint density at radius 1 is 1.14 bits per heavy atom. The molecule has 13 heteroatoms. The van der Waals surface area contributed by atoms with Crippen molar-refractivity contribution in [3.05, 3.63) is 54.0 Å². The van der Waals surface area contributed by atoms with Gasteiger partial charge in [0.25, 0.3) is 0 Å². The van der Waals surface area contributed by atoms with Crippen LogP contribution in [-0.2, 0) is 0 Å². The molecule has 0 amide bonds. The van der Waals surface area contributed by atoms with E-state index in [1.54, 1.807) is 26.0 Å². The monoisotopic (exact) mass is 560 g/mol. The Morgan fingerprint density at radius 3 is 2.54 bits per heavy atom. The molecule has 0 aliphatic carbocycles. The molecular formula is C24H26Cl2F4N6O. The number of nitrogens with zero attached hydrogens (tertiary/aromatic N) is 5. The zero-order chi connectivity index (χ0) is 25.0. The second kappa shape index (κ2) is 10.6. The molecule has 3 aromatic heterocycles. The van der Waals surface area contributed by atoms with Crippen molar-refractivity contribution in [2.75, 3.05) is 19.7 Å². The molecule has 37 heavy (non-hydrogen) atoms. The van der Waals surface area contributed by atoms with Crippen LogP contribution in [0.2, 0.25) is 0 Å². The number of nitrogens with two attached hydrogens (primary N) is 1. The van der Waals surface area contributed by atoms with Crippen molar-refractivity contribution in [2.45, 2.75) is 38.0 Å². The van der Waals surface area contributed by atoms with Crippen LogP contribution in [0.3, 0.4) is 0 Å². The van der Waals surface area contributed by atoms with Gasteiger partial charge in [0, 0.05) is 36.3 Å². The van der Waals surface area contributed by atoms with Crippen LogP contribution in [0.25, 0.3) is 28.1 Å². The van der Waals surface area contributed by atoms with Gasteiger partial charge in [0.1, 0.15) is 11.7 Å². The molecule has 200 valence electrons. The lowest BCUT2D eigenvalue weighted by atomic mass is 10.0. The first-order valence-electron chi connectivity index (χ1n) is 11.2. The van der Waals surface area contributed by atoms with Gasteiger partial charge in [-0.1, -0.05) is 12.1 Å². The Bertz CT molecular complexity index is 1410. The number of aromatic nitrogens is 4. The number of likely N-dealkylation sites (tertiary alicyclic amines) is 1. The Labute approximate surface area is 222 Å². The van der Waals surface area contributed by atoms with Gasteiger partial charge in [-0.15, -0.1) is 35.0 Å². The van der Waals surface area contributed by atoms with Crippen LogP contribution in [0.4, 0.5) is 17.6 Å². The fourth-order valence-corrected chi connectivity index (χ4v) is 4.61. The lowest BCUT2D eigenvalue weighted by molar-refractivity contribution is -0.184. The fourth-order valence-electron chi connectivity index (χ4n) is 4.61. The summed E-state index contributed by atoms with van der Waals surface area (Å²) in [6.07, 6.45) is -2.62. The highest BCUT2D eigenvalue weighted by Gasteiger charge is 2.48. The lowest BCUT2D eigenvalue weighted by Gasteiger charge is -2.31. The number of rotatable bonds is 5. The van der Waals surface area contributed by atoms with E-state index < -0.39 is 23.6 Å². The van der Waals surface area contributed by atoms with Gasteiger partial charge >= 0.3 is 6.18 Å². The summed E-state index contributed by atoms with van der Waals surface area (Å²) in [7, 11) is 0. The second-order valence-electron chi connectivity index (χ2n) is 9.14. The molecule has 4 heterocycles. The van der Waals surface area contributed by atoms with Crippen LogP contribution < -0.4 is 10.5 Å². The quantitative estimate of drug-likeness (QED) is 0.331. The number of hydrogen-bond acceptors (Lipinski definition) is 6. The third kappa shape index (κ3) is 5.59. The summed E-state index contributed by atoms with van der Waals surface area (Å²) in [6.45, 7) is 4.18. The van der Waals surface area contributed by atoms with Gasteiger partial charge in [0.2, 0.25) is 0 Å². The van der Waals surface area contributed by atoms with E-state index >= 15 is 0 Å².